The highest BCUT2D eigenvalue weighted by Gasteiger charge is 2.21. The minimum absolute atomic E-state index is 0.539. The smallest absolute Gasteiger partial charge is 0.122 e. The molecule has 1 aliphatic heterocycles. The largest absolute Gasteiger partial charge is 0.493 e. The van der Waals surface area contributed by atoms with Crippen molar-refractivity contribution in [3.8, 4) is 5.75 Å². The second-order valence-electron chi connectivity index (χ2n) is 4.17. The molecule has 0 radical (unpaired) electrons. The Kier molecular flexibility index (Phi) is 4.42. The van der Waals surface area contributed by atoms with E-state index in [-0.39, 0.29) is 0 Å². The van der Waals surface area contributed by atoms with E-state index >= 15 is 0 Å². The molecule has 88 valence electrons. The second kappa shape index (κ2) is 5.83. The third-order valence-electron chi connectivity index (χ3n) is 2.88. The van der Waals surface area contributed by atoms with Gasteiger partial charge in [-0.1, -0.05) is 25.1 Å². The van der Waals surface area contributed by atoms with Crippen molar-refractivity contribution in [1.82, 2.24) is 0 Å². The molecule has 1 aliphatic rings. The first-order chi connectivity index (χ1) is 7.81. The summed E-state index contributed by atoms with van der Waals surface area (Å²) in [5, 5.41) is 0.539. The summed E-state index contributed by atoms with van der Waals surface area (Å²) in [6, 6.07) is 8.38. The van der Waals surface area contributed by atoms with Crippen molar-refractivity contribution in [2.45, 2.75) is 24.5 Å². The number of halogens is 1. The van der Waals surface area contributed by atoms with E-state index in [4.69, 9.17) is 16.3 Å². The topological polar surface area (TPSA) is 9.23 Å². The quantitative estimate of drug-likeness (QED) is 0.756. The zero-order valence-electron chi connectivity index (χ0n) is 9.49. The Morgan fingerprint density at radius 3 is 3.12 bits per heavy atom. The van der Waals surface area contributed by atoms with E-state index in [0.29, 0.717) is 11.2 Å². The van der Waals surface area contributed by atoms with Gasteiger partial charge in [0, 0.05) is 16.9 Å². The first kappa shape index (κ1) is 12.1. The van der Waals surface area contributed by atoms with Gasteiger partial charge in [-0.3, -0.25) is 0 Å². The number of thioether (sulfide) groups is 1. The summed E-state index contributed by atoms with van der Waals surface area (Å²) < 4.78 is 5.65. The number of alkyl halides is 1. The van der Waals surface area contributed by atoms with Gasteiger partial charge in [0.05, 0.1) is 6.61 Å². The number of hydrogen-bond donors (Lipinski definition) is 0. The van der Waals surface area contributed by atoms with Crippen molar-refractivity contribution in [1.29, 1.82) is 0 Å². The SMILES string of the molecule is CC(CCl)SCC1CCOc2ccccc21. The molecule has 2 rings (SSSR count). The van der Waals surface area contributed by atoms with Gasteiger partial charge < -0.3 is 4.74 Å². The number of benzene rings is 1. The molecule has 1 heterocycles. The molecule has 0 spiro atoms. The van der Waals surface area contributed by atoms with E-state index in [1.807, 2.05) is 17.8 Å². The van der Waals surface area contributed by atoms with Crippen molar-refractivity contribution in [3.05, 3.63) is 29.8 Å². The molecule has 0 N–H and O–H groups in total. The lowest BCUT2D eigenvalue weighted by Crippen LogP contribution is -2.16. The van der Waals surface area contributed by atoms with Crippen LogP contribution in [0, 0.1) is 0 Å². The standard InChI is InChI=1S/C13H17ClOS/c1-10(8-14)16-9-11-6-7-15-13-5-3-2-4-12(11)13/h2-5,10-11H,6-9H2,1H3. The van der Waals surface area contributed by atoms with Crippen LogP contribution in [0.15, 0.2) is 24.3 Å². The van der Waals surface area contributed by atoms with Crippen molar-refractivity contribution in [3.63, 3.8) is 0 Å². The summed E-state index contributed by atoms with van der Waals surface area (Å²) in [7, 11) is 0. The first-order valence-electron chi connectivity index (χ1n) is 5.70. The fourth-order valence-electron chi connectivity index (χ4n) is 1.91. The van der Waals surface area contributed by atoms with E-state index in [1.165, 1.54) is 5.56 Å². The molecule has 0 saturated carbocycles. The molecule has 1 aromatic carbocycles. The molecule has 0 aromatic heterocycles. The van der Waals surface area contributed by atoms with E-state index in [0.717, 1.165) is 30.4 Å². The van der Waals surface area contributed by atoms with Crippen molar-refractivity contribution >= 4 is 23.4 Å². The Balaban J connectivity index is 2.01. The fourth-order valence-corrected chi connectivity index (χ4v) is 3.18. The number of ether oxygens (including phenoxy) is 1. The van der Waals surface area contributed by atoms with Crippen LogP contribution in [0.1, 0.15) is 24.8 Å². The van der Waals surface area contributed by atoms with Gasteiger partial charge in [0.25, 0.3) is 0 Å². The predicted octanol–water partition coefficient (Wildman–Crippen LogP) is 3.91. The van der Waals surface area contributed by atoms with Gasteiger partial charge in [-0.2, -0.15) is 11.8 Å². The van der Waals surface area contributed by atoms with Crippen LogP contribution in [-0.4, -0.2) is 23.5 Å². The van der Waals surface area contributed by atoms with Gasteiger partial charge in [-0.15, -0.1) is 11.6 Å². The van der Waals surface area contributed by atoms with Gasteiger partial charge in [-0.25, -0.2) is 0 Å². The predicted molar refractivity (Wildman–Crippen MR) is 71.9 cm³/mol. The molecule has 2 atom stereocenters. The van der Waals surface area contributed by atoms with Gasteiger partial charge in [0.15, 0.2) is 0 Å². The van der Waals surface area contributed by atoms with Crippen molar-refractivity contribution < 1.29 is 4.74 Å². The van der Waals surface area contributed by atoms with Gasteiger partial charge in [0.2, 0.25) is 0 Å². The molecular weight excluding hydrogens is 240 g/mol. The summed E-state index contributed by atoms with van der Waals surface area (Å²) in [5.41, 5.74) is 1.36. The average molecular weight is 257 g/mol. The Morgan fingerprint density at radius 2 is 2.31 bits per heavy atom. The first-order valence-corrected chi connectivity index (χ1v) is 7.29. The number of hydrogen-bond acceptors (Lipinski definition) is 2. The molecule has 0 saturated heterocycles. The lowest BCUT2D eigenvalue weighted by molar-refractivity contribution is 0.273. The number of rotatable bonds is 4. The van der Waals surface area contributed by atoms with Crippen LogP contribution in [0.3, 0.4) is 0 Å². The maximum atomic E-state index is 5.82. The summed E-state index contributed by atoms with van der Waals surface area (Å²) in [4.78, 5) is 0. The second-order valence-corrected chi connectivity index (χ2v) is 5.95. The monoisotopic (exact) mass is 256 g/mol. The van der Waals surface area contributed by atoms with Crippen LogP contribution in [0.4, 0.5) is 0 Å². The summed E-state index contributed by atoms with van der Waals surface area (Å²) in [6.07, 6.45) is 1.12. The molecule has 0 fully saturated rings. The average Bonchev–Trinajstić information content (AvgIpc) is 2.35. The van der Waals surface area contributed by atoms with Crippen LogP contribution in [0.25, 0.3) is 0 Å². The Bertz CT molecular complexity index is 342. The molecule has 0 aliphatic carbocycles. The molecule has 1 nitrogen and oxygen atoms in total. The van der Waals surface area contributed by atoms with E-state index in [2.05, 4.69) is 25.1 Å². The maximum Gasteiger partial charge on any atom is 0.122 e. The third-order valence-corrected chi connectivity index (χ3v) is 4.86. The summed E-state index contributed by atoms with van der Waals surface area (Å²) >= 11 is 7.78. The van der Waals surface area contributed by atoms with Gasteiger partial charge in [0.1, 0.15) is 5.75 Å². The van der Waals surface area contributed by atoms with Crippen molar-refractivity contribution in [2.75, 3.05) is 18.2 Å². The fraction of sp³-hybridized carbons (Fsp3) is 0.538. The molecular formula is C13H17ClOS. The highest BCUT2D eigenvalue weighted by molar-refractivity contribution is 8.00. The maximum absolute atomic E-state index is 5.82. The van der Waals surface area contributed by atoms with Crippen LogP contribution in [-0.2, 0) is 0 Å². The van der Waals surface area contributed by atoms with Crippen LogP contribution < -0.4 is 4.74 Å². The van der Waals surface area contributed by atoms with E-state index in [9.17, 15) is 0 Å². The normalized spacial score (nSPS) is 21.0. The minimum Gasteiger partial charge on any atom is -0.493 e. The zero-order chi connectivity index (χ0) is 11.4. The Labute approximate surface area is 107 Å². The lowest BCUT2D eigenvalue weighted by atomic mass is 9.95. The number of fused-ring (bicyclic) bond motifs is 1. The third kappa shape index (κ3) is 2.86. The van der Waals surface area contributed by atoms with E-state index in [1.54, 1.807) is 0 Å². The van der Waals surface area contributed by atoms with Crippen LogP contribution in [0.5, 0.6) is 5.75 Å². The molecule has 1 aromatic rings. The Hall–Kier alpha value is -0.340. The van der Waals surface area contributed by atoms with Gasteiger partial charge >= 0.3 is 0 Å². The molecule has 2 unspecified atom stereocenters. The van der Waals surface area contributed by atoms with E-state index < -0.39 is 0 Å². The molecule has 0 bridgehead atoms. The highest BCUT2D eigenvalue weighted by atomic mass is 35.5. The van der Waals surface area contributed by atoms with Gasteiger partial charge in [-0.05, 0) is 24.0 Å². The molecule has 16 heavy (non-hydrogen) atoms. The lowest BCUT2D eigenvalue weighted by Gasteiger charge is -2.26. The summed E-state index contributed by atoms with van der Waals surface area (Å²) in [5.74, 6) is 3.57. The molecule has 0 amide bonds. The summed E-state index contributed by atoms with van der Waals surface area (Å²) in [6.45, 7) is 3.03. The molecule has 3 heteroatoms. The minimum atomic E-state index is 0.539. The Morgan fingerprint density at radius 1 is 1.50 bits per heavy atom. The van der Waals surface area contributed by atoms with Crippen LogP contribution >= 0.6 is 23.4 Å². The number of para-hydroxylation sites is 1. The highest BCUT2D eigenvalue weighted by Crippen LogP contribution is 2.36. The van der Waals surface area contributed by atoms with Crippen molar-refractivity contribution in [2.24, 2.45) is 0 Å². The van der Waals surface area contributed by atoms with Crippen LogP contribution in [0.2, 0.25) is 0 Å². The zero-order valence-corrected chi connectivity index (χ0v) is 11.1.